The Morgan fingerprint density at radius 1 is 1.40 bits per heavy atom. The highest BCUT2D eigenvalue weighted by molar-refractivity contribution is 5.87. The van der Waals surface area contributed by atoms with E-state index in [9.17, 15) is 4.39 Å². The summed E-state index contributed by atoms with van der Waals surface area (Å²) in [6.45, 7) is 8.49. The van der Waals surface area contributed by atoms with E-state index in [4.69, 9.17) is 6.57 Å². The zero-order valence-corrected chi connectivity index (χ0v) is 13.6. The van der Waals surface area contributed by atoms with E-state index in [1.54, 1.807) is 6.33 Å². The van der Waals surface area contributed by atoms with E-state index >= 15 is 0 Å². The number of aromatic nitrogens is 4. The summed E-state index contributed by atoms with van der Waals surface area (Å²) in [7, 11) is 1.84. The molecule has 0 amide bonds. The van der Waals surface area contributed by atoms with Gasteiger partial charge in [-0.05, 0) is 18.6 Å². The van der Waals surface area contributed by atoms with Crippen molar-refractivity contribution in [2.75, 3.05) is 29.9 Å². The van der Waals surface area contributed by atoms with Crippen LogP contribution in [0.4, 0.5) is 21.7 Å². The number of pyridine rings is 1. The number of hydrogen-bond acceptors (Lipinski definition) is 5. The van der Waals surface area contributed by atoms with Crippen molar-refractivity contribution in [1.82, 2.24) is 19.9 Å². The van der Waals surface area contributed by atoms with Crippen LogP contribution in [0.1, 0.15) is 6.42 Å². The molecule has 3 aromatic rings. The van der Waals surface area contributed by atoms with Gasteiger partial charge >= 0.3 is 0 Å². The molecule has 3 aromatic heterocycles. The third-order valence-electron chi connectivity index (χ3n) is 4.61. The summed E-state index contributed by atoms with van der Waals surface area (Å²) >= 11 is 0. The van der Waals surface area contributed by atoms with Crippen molar-refractivity contribution in [2.45, 2.75) is 12.5 Å². The van der Waals surface area contributed by atoms with Crippen LogP contribution < -0.4 is 9.80 Å². The molecule has 7 nitrogen and oxygen atoms in total. The number of likely N-dealkylation sites (N-methyl/N-ethyl adjacent to an activating group) is 1. The van der Waals surface area contributed by atoms with Gasteiger partial charge in [-0.3, -0.25) is 0 Å². The first kappa shape index (κ1) is 15.3. The van der Waals surface area contributed by atoms with Crippen molar-refractivity contribution in [3.63, 3.8) is 0 Å². The molecule has 25 heavy (non-hydrogen) atoms. The Labute approximate surface area is 144 Å². The molecule has 0 bridgehead atoms. The number of halogens is 1. The van der Waals surface area contributed by atoms with E-state index < -0.39 is 5.82 Å². The first-order valence-corrected chi connectivity index (χ1v) is 7.96. The summed E-state index contributed by atoms with van der Waals surface area (Å²) in [5, 5.41) is 0.983. The summed E-state index contributed by atoms with van der Waals surface area (Å²) < 4.78 is 14.2. The molecular weight excluding hydrogens is 321 g/mol. The second kappa shape index (κ2) is 6.02. The number of aromatic amines is 1. The van der Waals surface area contributed by atoms with Crippen LogP contribution in [0.2, 0.25) is 0 Å². The first-order valence-electron chi connectivity index (χ1n) is 7.96. The molecule has 1 N–H and O–H groups in total. The van der Waals surface area contributed by atoms with Gasteiger partial charge in [0, 0.05) is 38.6 Å². The topological polar surface area (TPSA) is 65.3 Å². The summed E-state index contributed by atoms with van der Waals surface area (Å²) in [6.07, 6.45) is 5.68. The highest BCUT2D eigenvalue weighted by Crippen LogP contribution is 2.29. The van der Waals surface area contributed by atoms with Gasteiger partial charge in [-0.1, -0.05) is 0 Å². The number of nitrogens with one attached hydrogen (secondary N) is 1. The van der Waals surface area contributed by atoms with E-state index in [1.165, 1.54) is 12.3 Å². The summed E-state index contributed by atoms with van der Waals surface area (Å²) in [6, 6.07) is 3.31. The molecule has 0 unspecified atom stereocenters. The maximum Gasteiger partial charge on any atom is 0.208 e. The highest BCUT2D eigenvalue weighted by atomic mass is 19.1. The van der Waals surface area contributed by atoms with Crippen LogP contribution in [-0.2, 0) is 0 Å². The van der Waals surface area contributed by atoms with E-state index in [1.807, 2.05) is 24.2 Å². The Kier molecular flexibility index (Phi) is 3.69. The van der Waals surface area contributed by atoms with Gasteiger partial charge in [-0.2, -0.15) is 0 Å². The minimum Gasteiger partial charge on any atom is -0.354 e. The van der Waals surface area contributed by atoms with Crippen molar-refractivity contribution in [3.8, 4) is 0 Å². The molecule has 0 spiro atoms. The summed E-state index contributed by atoms with van der Waals surface area (Å²) in [5.41, 5.74) is 1.02. The molecule has 126 valence electrons. The Hall–Kier alpha value is -3.21. The molecule has 0 saturated carbocycles. The Morgan fingerprint density at radius 2 is 2.28 bits per heavy atom. The minimum atomic E-state index is -0.468. The molecule has 1 atom stereocenters. The average Bonchev–Trinajstić information content (AvgIpc) is 3.30. The summed E-state index contributed by atoms with van der Waals surface area (Å²) in [4.78, 5) is 23.1. The van der Waals surface area contributed by atoms with Gasteiger partial charge < -0.3 is 14.8 Å². The van der Waals surface area contributed by atoms with Gasteiger partial charge in [0.05, 0.1) is 12.0 Å². The highest BCUT2D eigenvalue weighted by Gasteiger charge is 2.29. The molecule has 0 aliphatic carbocycles. The minimum absolute atomic E-state index is 0.116. The standard InChI is InChI=1S/C17H16FN7/c1-19-11-7-14(18)17(21-8-11)24(2)12-4-6-25(9-12)16-13-3-5-20-15(13)22-10-23-16/h3,5,7-8,10,12H,4,6,9H2,2H3,(H,20,22,23)/t12-/m1/s1. The summed E-state index contributed by atoms with van der Waals surface area (Å²) in [5.74, 6) is 0.692. The van der Waals surface area contributed by atoms with E-state index in [0.29, 0.717) is 0 Å². The Morgan fingerprint density at radius 3 is 3.08 bits per heavy atom. The maximum atomic E-state index is 14.2. The molecule has 1 fully saturated rings. The Bertz CT molecular complexity index is 961. The van der Waals surface area contributed by atoms with Crippen molar-refractivity contribution in [1.29, 1.82) is 0 Å². The normalized spacial score (nSPS) is 17.0. The van der Waals surface area contributed by atoms with Crippen LogP contribution in [0, 0.1) is 12.4 Å². The second-order valence-corrected chi connectivity index (χ2v) is 6.05. The zero-order chi connectivity index (χ0) is 17.4. The monoisotopic (exact) mass is 337 g/mol. The van der Waals surface area contributed by atoms with Gasteiger partial charge in [0.2, 0.25) is 5.69 Å². The van der Waals surface area contributed by atoms with Crippen molar-refractivity contribution < 1.29 is 4.39 Å². The third kappa shape index (κ3) is 2.63. The van der Waals surface area contributed by atoms with Crippen molar-refractivity contribution in [3.05, 3.63) is 48.1 Å². The fraction of sp³-hybridized carbons (Fsp3) is 0.294. The second-order valence-electron chi connectivity index (χ2n) is 6.05. The lowest BCUT2D eigenvalue weighted by molar-refractivity contribution is 0.597. The lowest BCUT2D eigenvalue weighted by Gasteiger charge is -2.26. The Balaban J connectivity index is 1.56. The van der Waals surface area contributed by atoms with Gasteiger partial charge in [-0.25, -0.2) is 24.2 Å². The first-order chi connectivity index (χ1) is 12.2. The van der Waals surface area contributed by atoms with Gasteiger partial charge in [0.25, 0.3) is 0 Å². The van der Waals surface area contributed by atoms with Crippen molar-refractivity contribution >= 4 is 28.4 Å². The molecule has 0 aromatic carbocycles. The van der Waals surface area contributed by atoms with E-state index in [0.717, 1.165) is 36.4 Å². The van der Waals surface area contributed by atoms with Crippen LogP contribution >= 0.6 is 0 Å². The predicted molar refractivity (Wildman–Crippen MR) is 93.4 cm³/mol. The van der Waals surface area contributed by atoms with Crippen molar-refractivity contribution in [2.24, 2.45) is 0 Å². The fourth-order valence-corrected chi connectivity index (χ4v) is 3.28. The molecule has 1 saturated heterocycles. The lowest BCUT2D eigenvalue weighted by atomic mass is 10.2. The largest absolute Gasteiger partial charge is 0.354 e. The van der Waals surface area contributed by atoms with E-state index in [2.05, 4.69) is 29.7 Å². The van der Waals surface area contributed by atoms with Crippen LogP contribution in [-0.4, -0.2) is 46.1 Å². The number of H-pyrrole nitrogens is 1. The molecule has 1 aliphatic rings. The predicted octanol–water partition coefficient (Wildman–Crippen LogP) is 2.76. The molecule has 0 radical (unpaired) electrons. The maximum absolute atomic E-state index is 14.2. The number of fused-ring (bicyclic) bond motifs is 1. The third-order valence-corrected chi connectivity index (χ3v) is 4.61. The zero-order valence-electron chi connectivity index (χ0n) is 13.6. The average molecular weight is 337 g/mol. The molecule has 4 heterocycles. The van der Waals surface area contributed by atoms with Gasteiger partial charge in [-0.15, -0.1) is 0 Å². The molecule has 4 rings (SSSR count). The number of rotatable bonds is 3. The smallest absolute Gasteiger partial charge is 0.208 e. The van der Waals surface area contributed by atoms with Crippen LogP contribution in [0.3, 0.4) is 0 Å². The fourth-order valence-electron chi connectivity index (χ4n) is 3.28. The number of nitrogens with zero attached hydrogens (tertiary/aromatic N) is 6. The quantitative estimate of drug-likeness (QED) is 0.745. The number of anilines is 2. The van der Waals surface area contributed by atoms with Crippen LogP contribution in [0.25, 0.3) is 15.9 Å². The van der Waals surface area contributed by atoms with Gasteiger partial charge in [0.15, 0.2) is 11.6 Å². The van der Waals surface area contributed by atoms with Crippen LogP contribution in [0.5, 0.6) is 0 Å². The molecule has 1 aliphatic heterocycles. The molecule has 8 heteroatoms. The molecular formula is C17H16FN7. The lowest BCUT2D eigenvalue weighted by Crippen LogP contribution is -2.35. The SMILES string of the molecule is [C-]#[N+]c1cnc(N(C)[C@@H]2CCN(c3ncnc4[nH]ccc34)C2)c(F)c1. The number of hydrogen-bond donors (Lipinski definition) is 1. The van der Waals surface area contributed by atoms with Gasteiger partial charge in [0.1, 0.15) is 17.8 Å². The van der Waals surface area contributed by atoms with Crippen LogP contribution in [0.15, 0.2) is 30.9 Å². The van der Waals surface area contributed by atoms with E-state index in [-0.39, 0.29) is 17.5 Å².